The normalized spacial score (nSPS) is 17.0. The lowest BCUT2D eigenvalue weighted by molar-refractivity contribution is -0.136. The van der Waals surface area contributed by atoms with Crippen LogP contribution in [0.3, 0.4) is 0 Å². The number of Topliss-reactive ketones (excluding diaryl/α,β-unsaturated/α-hetero) is 1. The van der Waals surface area contributed by atoms with Gasteiger partial charge in [-0.1, -0.05) is 17.7 Å². The summed E-state index contributed by atoms with van der Waals surface area (Å²) in [6, 6.07) is 11.0. The van der Waals surface area contributed by atoms with Gasteiger partial charge < -0.3 is 23.8 Å². The van der Waals surface area contributed by atoms with Gasteiger partial charge in [0.25, 0.3) is 5.91 Å². The number of benzene rings is 2. The van der Waals surface area contributed by atoms with Gasteiger partial charge in [-0.05, 0) is 19.1 Å². The minimum absolute atomic E-state index is 0.00687. The van der Waals surface area contributed by atoms with Gasteiger partial charge in [-0.25, -0.2) is 0 Å². The average Bonchev–Trinajstić information content (AvgIpc) is 2.78. The van der Waals surface area contributed by atoms with Crippen LogP contribution in [0.15, 0.2) is 36.4 Å². The minimum atomic E-state index is -0.615. The summed E-state index contributed by atoms with van der Waals surface area (Å²) in [7, 11) is 3.08. The van der Waals surface area contributed by atoms with Crippen molar-refractivity contribution in [2.45, 2.75) is 31.8 Å². The van der Waals surface area contributed by atoms with E-state index in [1.165, 1.54) is 7.11 Å². The molecular formula is C24H27NO6. The molecule has 2 aliphatic rings. The van der Waals surface area contributed by atoms with E-state index in [0.717, 1.165) is 5.56 Å². The van der Waals surface area contributed by atoms with Crippen LogP contribution in [0.5, 0.6) is 23.0 Å². The van der Waals surface area contributed by atoms with E-state index in [4.69, 9.17) is 18.9 Å². The van der Waals surface area contributed by atoms with Crippen LogP contribution < -0.4 is 18.9 Å². The van der Waals surface area contributed by atoms with Gasteiger partial charge in [0.1, 0.15) is 34.2 Å². The zero-order chi connectivity index (χ0) is 22.0. The van der Waals surface area contributed by atoms with Gasteiger partial charge in [0.2, 0.25) is 0 Å². The molecule has 2 heterocycles. The Morgan fingerprint density at radius 3 is 2.42 bits per heavy atom. The summed E-state index contributed by atoms with van der Waals surface area (Å²) in [5.74, 6) is 2.10. The highest BCUT2D eigenvalue weighted by molar-refractivity contribution is 6.03. The van der Waals surface area contributed by atoms with Crippen LogP contribution in [0.4, 0.5) is 0 Å². The Morgan fingerprint density at radius 1 is 1.06 bits per heavy atom. The molecule has 164 valence electrons. The third-order valence-electron chi connectivity index (χ3n) is 5.99. The number of rotatable bonds is 5. The summed E-state index contributed by atoms with van der Waals surface area (Å²) < 4.78 is 22.6. The molecule has 0 saturated carbocycles. The molecule has 0 atom stereocenters. The van der Waals surface area contributed by atoms with Gasteiger partial charge in [0.15, 0.2) is 12.4 Å². The SMILES string of the molecule is COc1cc(OC)c2c(c1)OC1(CCN(C(=O)COc3ccc(C)cc3)CC1)CC2=O. The number of fused-ring (bicyclic) bond motifs is 1. The van der Waals surface area contributed by atoms with Crippen molar-refractivity contribution in [2.24, 2.45) is 0 Å². The van der Waals surface area contributed by atoms with Gasteiger partial charge in [0.05, 0.1) is 20.6 Å². The maximum Gasteiger partial charge on any atom is 0.260 e. The van der Waals surface area contributed by atoms with Crippen LogP contribution in [0.2, 0.25) is 0 Å². The Kier molecular flexibility index (Phi) is 5.76. The first-order valence-electron chi connectivity index (χ1n) is 10.4. The van der Waals surface area contributed by atoms with Crippen LogP contribution in [0, 0.1) is 6.92 Å². The van der Waals surface area contributed by atoms with Crippen molar-refractivity contribution < 1.29 is 28.5 Å². The molecule has 2 aromatic rings. The Hall–Kier alpha value is -3.22. The molecule has 0 aliphatic carbocycles. The summed E-state index contributed by atoms with van der Waals surface area (Å²) in [6.45, 7) is 3.02. The van der Waals surface area contributed by atoms with Crippen molar-refractivity contribution in [2.75, 3.05) is 33.9 Å². The molecule has 31 heavy (non-hydrogen) atoms. The number of likely N-dealkylation sites (tertiary alicyclic amines) is 1. The largest absolute Gasteiger partial charge is 0.496 e. The third kappa shape index (κ3) is 4.31. The highest BCUT2D eigenvalue weighted by Crippen LogP contribution is 2.44. The van der Waals surface area contributed by atoms with Crippen LogP contribution >= 0.6 is 0 Å². The van der Waals surface area contributed by atoms with E-state index in [9.17, 15) is 9.59 Å². The number of ketones is 1. The molecular weight excluding hydrogens is 398 g/mol. The summed E-state index contributed by atoms with van der Waals surface area (Å²) in [4.78, 5) is 27.3. The van der Waals surface area contributed by atoms with Crippen LogP contribution in [-0.2, 0) is 4.79 Å². The quantitative estimate of drug-likeness (QED) is 0.731. The second-order valence-corrected chi connectivity index (χ2v) is 8.07. The molecule has 1 saturated heterocycles. The molecule has 1 amide bonds. The summed E-state index contributed by atoms with van der Waals surface area (Å²) in [5.41, 5.74) is 0.980. The van der Waals surface area contributed by atoms with Crippen molar-refractivity contribution in [3.8, 4) is 23.0 Å². The molecule has 0 bridgehead atoms. The second kappa shape index (κ2) is 8.49. The number of hydrogen-bond donors (Lipinski definition) is 0. The zero-order valence-corrected chi connectivity index (χ0v) is 18.1. The van der Waals surface area contributed by atoms with E-state index >= 15 is 0 Å². The van der Waals surface area contributed by atoms with Crippen LogP contribution in [0.1, 0.15) is 35.2 Å². The number of methoxy groups -OCH3 is 2. The molecule has 0 radical (unpaired) electrons. The first-order valence-corrected chi connectivity index (χ1v) is 10.4. The van der Waals surface area contributed by atoms with Gasteiger partial charge in [0, 0.05) is 38.1 Å². The van der Waals surface area contributed by atoms with Crippen LogP contribution in [0.25, 0.3) is 0 Å². The predicted molar refractivity (Wildman–Crippen MR) is 114 cm³/mol. The van der Waals surface area contributed by atoms with Gasteiger partial charge in [-0.2, -0.15) is 0 Å². The lowest BCUT2D eigenvalue weighted by Gasteiger charge is -2.44. The number of amides is 1. The predicted octanol–water partition coefficient (Wildman–Crippen LogP) is 3.42. The first-order chi connectivity index (χ1) is 14.9. The van der Waals surface area contributed by atoms with Crippen molar-refractivity contribution in [1.29, 1.82) is 0 Å². The zero-order valence-electron chi connectivity index (χ0n) is 18.1. The Bertz CT molecular complexity index is 976. The fourth-order valence-electron chi connectivity index (χ4n) is 4.16. The van der Waals surface area contributed by atoms with E-state index in [1.54, 1.807) is 24.1 Å². The number of carbonyl (C=O) groups excluding carboxylic acids is 2. The number of nitrogens with zero attached hydrogens (tertiary/aromatic N) is 1. The molecule has 7 nitrogen and oxygen atoms in total. The standard InChI is InChI=1S/C24H27NO6/c1-16-4-6-17(7-5-16)30-15-22(27)25-10-8-24(9-11-25)14-19(26)23-20(29-3)12-18(28-2)13-21(23)31-24/h4-7,12-13H,8-11,14-15H2,1-3H3. The molecule has 1 fully saturated rings. The molecule has 1 spiro atoms. The Morgan fingerprint density at radius 2 is 1.77 bits per heavy atom. The number of carbonyl (C=O) groups is 2. The molecule has 4 rings (SSSR count). The average molecular weight is 425 g/mol. The molecule has 0 unspecified atom stereocenters. The molecule has 0 aromatic heterocycles. The number of ether oxygens (including phenoxy) is 4. The smallest absolute Gasteiger partial charge is 0.260 e. The van der Waals surface area contributed by atoms with E-state index in [0.29, 0.717) is 54.5 Å². The second-order valence-electron chi connectivity index (χ2n) is 8.07. The lowest BCUT2D eigenvalue weighted by atomic mass is 9.82. The molecule has 2 aromatic carbocycles. The van der Waals surface area contributed by atoms with E-state index in [2.05, 4.69) is 0 Å². The van der Waals surface area contributed by atoms with Crippen molar-refractivity contribution in [3.05, 3.63) is 47.5 Å². The maximum absolute atomic E-state index is 12.9. The van der Waals surface area contributed by atoms with Crippen LogP contribution in [-0.4, -0.2) is 56.1 Å². The van der Waals surface area contributed by atoms with E-state index in [-0.39, 0.29) is 24.7 Å². The fourth-order valence-corrected chi connectivity index (χ4v) is 4.16. The van der Waals surface area contributed by atoms with Crippen molar-refractivity contribution >= 4 is 11.7 Å². The number of hydrogen-bond acceptors (Lipinski definition) is 6. The topological polar surface area (TPSA) is 74.3 Å². The van der Waals surface area contributed by atoms with Gasteiger partial charge >= 0.3 is 0 Å². The number of piperidine rings is 1. The van der Waals surface area contributed by atoms with E-state index in [1.807, 2.05) is 31.2 Å². The van der Waals surface area contributed by atoms with Gasteiger partial charge in [-0.3, -0.25) is 9.59 Å². The summed E-state index contributed by atoms with van der Waals surface area (Å²) in [5, 5.41) is 0. The van der Waals surface area contributed by atoms with Crippen molar-refractivity contribution in [1.82, 2.24) is 4.90 Å². The molecule has 7 heteroatoms. The highest BCUT2D eigenvalue weighted by Gasteiger charge is 2.45. The van der Waals surface area contributed by atoms with Crippen molar-refractivity contribution in [3.63, 3.8) is 0 Å². The summed E-state index contributed by atoms with van der Waals surface area (Å²) >= 11 is 0. The Balaban J connectivity index is 1.40. The summed E-state index contributed by atoms with van der Waals surface area (Å²) in [6.07, 6.45) is 1.42. The highest BCUT2D eigenvalue weighted by atomic mass is 16.5. The van der Waals surface area contributed by atoms with Gasteiger partial charge in [-0.15, -0.1) is 0 Å². The molecule has 0 N–H and O–H groups in total. The Labute approximate surface area is 181 Å². The van der Waals surface area contributed by atoms with E-state index < -0.39 is 5.60 Å². The first kappa shape index (κ1) is 21.0. The monoisotopic (exact) mass is 425 g/mol. The third-order valence-corrected chi connectivity index (χ3v) is 5.99. The minimum Gasteiger partial charge on any atom is -0.496 e. The fraction of sp³-hybridized carbons (Fsp3) is 0.417. The molecule has 2 aliphatic heterocycles. The maximum atomic E-state index is 12.9. The lowest BCUT2D eigenvalue weighted by Crippen LogP contribution is -2.53. The number of aryl methyl sites for hydroxylation is 1.